The highest BCUT2D eigenvalue weighted by Gasteiger charge is 2.00. The molecule has 0 aliphatic rings. The van der Waals surface area contributed by atoms with Crippen LogP contribution in [0.4, 0.5) is 0 Å². The van der Waals surface area contributed by atoms with Crippen LogP contribution in [0.1, 0.15) is 19.8 Å². The molecule has 0 fully saturated rings. The van der Waals surface area contributed by atoms with Crippen LogP contribution < -0.4 is 5.32 Å². The molecule has 3 nitrogen and oxygen atoms in total. The second-order valence-electron chi connectivity index (χ2n) is 2.62. The second-order valence-corrected chi connectivity index (χ2v) is 2.62. The van der Waals surface area contributed by atoms with Gasteiger partial charge < -0.3 is 10.1 Å². The third-order valence-electron chi connectivity index (χ3n) is 1.59. The van der Waals surface area contributed by atoms with Gasteiger partial charge in [0.25, 0.3) is 0 Å². The number of ether oxygens (including phenoxy) is 1. The van der Waals surface area contributed by atoms with E-state index in [1.54, 1.807) is 6.92 Å². The monoisotopic (exact) mass is 171 g/mol. The smallest absolute Gasteiger partial charge is 0.333 e. The summed E-state index contributed by atoms with van der Waals surface area (Å²) in [5.41, 5.74) is 0.689. The van der Waals surface area contributed by atoms with Crippen LogP contribution in [-0.4, -0.2) is 26.7 Å². The van der Waals surface area contributed by atoms with Gasteiger partial charge in [-0.2, -0.15) is 0 Å². The third kappa shape index (κ3) is 4.91. The van der Waals surface area contributed by atoms with E-state index in [9.17, 15) is 4.79 Å². The summed E-state index contributed by atoms with van der Waals surface area (Å²) in [6.45, 7) is 2.75. The van der Waals surface area contributed by atoms with Gasteiger partial charge in [-0.3, -0.25) is 0 Å². The molecule has 0 unspecified atom stereocenters. The number of nitrogens with one attached hydrogen (secondary N) is 1. The molecule has 12 heavy (non-hydrogen) atoms. The number of carbonyl (C=O) groups is 1. The Labute approximate surface area is 73.8 Å². The van der Waals surface area contributed by atoms with Crippen molar-refractivity contribution in [2.24, 2.45) is 0 Å². The maximum Gasteiger partial charge on any atom is 0.333 e. The zero-order valence-electron chi connectivity index (χ0n) is 8.02. The van der Waals surface area contributed by atoms with E-state index in [1.807, 2.05) is 13.1 Å². The summed E-state index contributed by atoms with van der Waals surface area (Å²) in [5, 5.41) is 3.04. The van der Waals surface area contributed by atoms with Gasteiger partial charge in [-0.05, 0) is 33.4 Å². The molecule has 1 N–H and O–H groups in total. The van der Waals surface area contributed by atoms with Gasteiger partial charge in [-0.25, -0.2) is 4.79 Å². The highest BCUT2D eigenvalue weighted by Crippen LogP contribution is 1.99. The summed E-state index contributed by atoms with van der Waals surface area (Å²) in [7, 11) is 3.31. The van der Waals surface area contributed by atoms with E-state index >= 15 is 0 Å². The molecule has 0 atom stereocenters. The molecule has 0 saturated carbocycles. The largest absolute Gasteiger partial charge is 0.466 e. The van der Waals surface area contributed by atoms with E-state index in [2.05, 4.69) is 10.1 Å². The number of esters is 1. The van der Waals surface area contributed by atoms with E-state index < -0.39 is 0 Å². The highest BCUT2D eigenvalue weighted by molar-refractivity contribution is 5.87. The molecule has 0 radical (unpaired) electrons. The minimum Gasteiger partial charge on any atom is -0.466 e. The Kier molecular flexibility index (Phi) is 6.38. The number of methoxy groups -OCH3 is 1. The van der Waals surface area contributed by atoms with E-state index in [1.165, 1.54) is 7.11 Å². The summed E-state index contributed by atoms with van der Waals surface area (Å²) < 4.78 is 4.55. The minimum absolute atomic E-state index is 0.237. The zero-order valence-corrected chi connectivity index (χ0v) is 8.02. The Morgan fingerprint density at radius 3 is 2.75 bits per heavy atom. The fourth-order valence-electron chi connectivity index (χ4n) is 0.842. The van der Waals surface area contributed by atoms with Crippen LogP contribution in [0.25, 0.3) is 0 Å². The van der Waals surface area contributed by atoms with Gasteiger partial charge in [0.15, 0.2) is 0 Å². The number of rotatable bonds is 5. The van der Waals surface area contributed by atoms with E-state index in [0.717, 1.165) is 19.4 Å². The Bertz CT molecular complexity index is 164. The van der Waals surface area contributed by atoms with Gasteiger partial charge in [-0.1, -0.05) is 6.08 Å². The molecule has 0 saturated heterocycles. The predicted octanol–water partition coefficient (Wildman–Crippen LogP) is 1.11. The first-order valence-corrected chi connectivity index (χ1v) is 4.12. The predicted molar refractivity (Wildman–Crippen MR) is 48.9 cm³/mol. The molecule has 0 aliphatic heterocycles. The lowest BCUT2D eigenvalue weighted by Gasteiger charge is -1.98. The first-order valence-electron chi connectivity index (χ1n) is 4.12. The molecule has 70 valence electrons. The van der Waals surface area contributed by atoms with Crippen LogP contribution in [0.3, 0.4) is 0 Å². The first-order chi connectivity index (χ1) is 5.72. The maximum atomic E-state index is 10.9. The van der Waals surface area contributed by atoms with Crippen molar-refractivity contribution >= 4 is 5.97 Å². The minimum atomic E-state index is -0.237. The summed E-state index contributed by atoms with van der Waals surface area (Å²) in [6, 6.07) is 0. The number of allylic oxidation sites excluding steroid dienone is 1. The van der Waals surface area contributed by atoms with Crippen molar-refractivity contribution in [2.75, 3.05) is 20.7 Å². The molecule has 0 aliphatic carbocycles. The summed E-state index contributed by atoms with van der Waals surface area (Å²) in [5.74, 6) is -0.237. The SMILES string of the molecule is CNCCCC=C(C)C(=O)OC. The Morgan fingerprint density at radius 1 is 1.58 bits per heavy atom. The number of hydrogen-bond donors (Lipinski definition) is 1. The molecule has 0 heterocycles. The molecule has 0 rings (SSSR count). The lowest BCUT2D eigenvalue weighted by atomic mass is 10.2. The molecule has 0 aromatic rings. The van der Waals surface area contributed by atoms with E-state index in [4.69, 9.17) is 0 Å². The van der Waals surface area contributed by atoms with Crippen molar-refractivity contribution in [1.82, 2.24) is 5.32 Å². The molecular formula is C9H17NO2. The summed E-state index contributed by atoms with van der Waals surface area (Å²) in [6.07, 6.45) is 3.87. The van der Waals surface area contributed by atoms with Crippen molar-refractivity contribution in [2.45, 2.75) is 19.8 Å². The van der Waals surface area contributed by atoms with E-state index in [0.29, 0.717) is 5.57 Å². The Balaban J connectivity index is 3.61. The third-order valence-corrected chi connectivity index (χ3v) is 1.59. The van der Waals surface area contributed by atoms with Gasteiger partial charge >= 0.3 is 5.97 Å². The molecule has 0 aromatic heterocycles. The second kappa shape index (κ2) is 6.85. The van der Waals surface area contributed by atoms with E-state index in [-0.39, 0.29) is 5.97 Å². The molecule has 0 bridgehead atoms. The zero-order chi connectivity index (χ0) is 9.40. The summed E-state index contributed by atoms with van der Waals surface area (Å²) in [4.78, 5) is 10.9. The van der Waals surface area contributed by atoms with Gasteiger partial charge in [0.1, 0.15) is 0 Å². The Hall–Kier alpha value is -0.830. The average Bonchev–Trinajstić information content (AvgIpc) is 2.10. The first kappa shape index (κ1) is 11.2. The fraction of sp³-hybridized carbons (Fsp3) is 0.667. The Morgan fingerprint density at radius 2 is 2.25 bits per heavy atom. The van der Waals surface area contributed by atoms with Crippen molar-refractivity contribution in [1.29, 1.82) is 0 Å². The lowest BCUT2D eigenvalue weighted by Crippen LogP contribution is -2.07. The van der Waals surface area contributed by atoms with Gasteiger partial charge in [0.05, 0.1) is 7.11 Å². The van der Waals surface area contributed by atoms with Gasteiger partial charge in [-0.15, -0.1) is 0 Å². The van der Waals surface area contributed by atoms with Crippen molar-refractivity contribution in [3.8, 4) is 0 Å². The van der Waals surface area contributed by atoms with Crippen LogP contribution in [0, 0.1) is 0 Å². The van der Waals surface area contributed by atoms with Gasteiger partial charge in [0, 0.05) is 5.57 Å². The van der Waals surface area contributed by atoms with Crippen molar-refractivity contribution < 1.29 is 9.53 Å². The normalized spacial score (nSPS) is 11.4. The van der Waals surface area contributed by atoms with Crippen LogP contribution >= 0.6 is 0 Å². The van der Waals surface area contributed by atoms with Crippen LogP contribution in [-0.2, 0) is 9.53 Å². The lowest BCUT2D eigenvalue weighted by molar-refractivity contribution is -0.136. The fourth-order valence-corrected chi connectivity index (χ4v) is 0.842. The number of carbonyl (C=O) groups excluding carboxylic acids is 1. The van der Waals surface area contributed by atoms with Crippen molar-refractivity contribution in [3.05, 3.63) is 11.6 Å². The number of hydrogen-bond acceptors (Lipinski definition) is 3. The quantitative estimate of drug-likeness (QED) is 0.382. The summed E-state index contributed by atoms with van der Waals surface area (Å²) >= 11 is 0. The molecule has 0 amide bonds. The maximum absolute atomic E-state index is 10.9. The number of unbranched alkanes of at least 4 members (excludes halogenated alkanes) is 1. The van der Waals surface area contributed by atoms with Gasteiger partial charge in [0.2, 0.25) is 0 Å². The molecular weight excluding hydrogens is 154 g/mol. The topological polar surface area (TPSA) is 38.3 Å². The molecule has 3 heteroatoms. The van der Waals surface area contributed by atoms with Crippen LogP contribution in [0.15, 0.2) is 11.6 Å². The van der Waals surface area contributed by atoms with Crippen LogP contribution in [0.5, 0.6) is 0 Å². The van der Waals surface area contributed by atoms with Crippen molar-refractivity contribution in [3.63, 3.8) is 0 Å². The average molecular weight is 171 g/mol. The molecule has 0 aromatic carbocycles. The standard InChI is InChI=1S/C9H17NO2/c1-8(9(11)12-3)6-4-5-7-10-2/h6,10H,4-5,7H2,1-3H3. The highest BCUT2D eigenvalue weighted by atomic mass is 16.5. The van der Waals surface area contributed by atoms with Crippen LogP contribution in [0.2, 0.25) is 0 Å². The molecule has 0 spiro atoms.